The van der Waals surface area contributed by atoms with Gasteiger partial charge in [0, 0.05) is 6.54 Å². The standard InChI is InChI=1S/C11H20N4O2/c1-10(2)7-11(3)13-5-4-6-14(11)9(12)8(10)15(16)17/h13H,4-7,12H2,1-3H3. The van der Waals surface area contributed by atoms with Gasteiger partial charge in [0.25, 0.3) is 5.70 Å². The Kier molecular flexibility index (Phi) is 2.57. The van der Waals surface area contributed by atoms with E-state index in [4.69, 9.17) is 5.73 Å². The molecule has 17 heavy (non-hydrogen) atoms. The maximum absolute atomic E-state index is 11.2. The Bertz CT molecular complexity index is 391. The molecule has 2 aliphatic rings. The Balaban J connectivity index is 2.51. The van der Waals surface area contributed by atoms with Crippen LogP contribution in [0.3, 0.4) is 0 Å². The van der Waals surface area contributed by atoms with E-state index in [0.29, 0.717) is 12.2 Å². The molecule has 6 heteroatoms. The van der Waals surface area contributed by atoms with Gasteiger partial charge < -0.3 is 10.6 Å². The fourth-order valence-corrected chi connectivity index (χ4v) is 3.24. The first kappa shape index (κ1) is 12.2. The molecule has 0 bridgehead atoms. The van der Waals surface area contributed by atoms with Crippen molar-refractivity contribution in [2.75, 3.05) is 13.1 Å². The van der Waals surface area contributed by atoms with Crippen LogP contribution in [0.1, 0.15) is 33.6 Å². The normalized spacial score (nSPS) is 32.3. The molecule has 3 N–H and O–H groups in total. The van der Waals surface area contributed by atoms with E-state index in [-0.39, 0.29) is 16.3 Å². The number of fused-ring (bicyclic) bond motifs is 1. The lowest BCUT2D eigenvalue weighted by molar-refractivity contribution is -0.446. The van der Waals surface area contributed by atoms with E-state index in [1.807, 2.05) is 18.7 Å². The molecule has 1 unspecified atom stereocenters. The molecule has 0 spiro atoms. The van der Waals surface area contributed by atoms with Crippen LogP contribution in [-0.2, 0) is 0 Å². The van der Waals surface area contributed by atoms with Crippen molar-refractivity contribution in [1.82, 2.24) is 10.2 Å². The number of nitrogens with two attached hydrogens (primary N) is 1. The molecule has 1 fully saturated rings. The lowest BCUT2D eigenvalue weighted by Gasteiger charge is -2.52. The van der Waals surface area contributed by atoms with Gasteiger partial charge in [0.1, 0.15) is 0 Å². The monoisotopic (exact) mass is 240 g/mol. The van der Waals surface area contributed by atoms with E-state index in [0.717, 1.165) is 19.5 Å². The number of nitro groups is 1. The largest absolute Gasteiger partial charge is 0.380 e. The number of allylic oxidation sites excluding steroid dienone is 1. The van der Waals surface area contributed by atoms with Crippen molar-refractivity contribution >= 4 is 0 Å². The zero-order chi connectivity index (χ0) is 12.8. The fraction of sp³-hybridized carbons (Fsp3) is 0.818. The van der Waals surface area contributed by atoms with Crippen LogP contribution in [-0.4, -0.2) is 28.6 Å². The van der Waals surface area contributed by atoms with Crippen LogP contribution in [0.2, 0.25) is 0 Å². The van der Waals surface area contributed by atoms with Crippen molar-refractivity contribution in [2.45, 2.75) is 39.3 Å². The molecular weight excluding hydrogens is 220 g/mol. The summed E-state index contributed by atoms with van der Waals surface area (Å²) in [4.78, 5) is 12.8. The number of nitrogens with one attached hydrogen (secondary N) is 1. The third-order valence-electron chi connectivity index (χ3n) is 3.80. The van der Waals surface area contributed by atoms with Gasteiger partial charge in [0.15, 0.2) is 5.82 Å². The molecule has 1 atom stereocenters. The maximum Gasteiger partial charge on any atom is 0.291 e. The molecule has 2 aliphatic heterocycles. The first-order valence-corrected chi connectivity index (χ1v) is 5.95. The summed E-state index contributed by atoms with van der Waals surface area (Å²) in [5.74, 6) is 0.320. The fourth-order valence-electron chi connectivity index (χ4n) is 3.24. The molecule has 6 nitrogen and oxygen atoms in total. The number of rotatable bonds is 1. The van der Waals surface area contributed by atoms with Crippen LogP contribution in [0.25, 0.3) is 0 Å². The van der Waals surface area contributed by atoms with E-state index in [1.54, 1.807) is 0 Å². The van der Waals surface area contributed by atoms with Crippen molar-refractivity contribution < 1.29 is 4.92 Å². The predicted octanol–water partition coefficient (Wildman–Crippen LogP) is 0.832. The minimum absolute atomic E-state index is 0.152. The zero-order valence-corrected chi connectivity index (χ0v) is 10.6. The van der Waals surface area contributed by atoms with E-state index < -0.39 is 5.41 Å². The lowest BCUT2D eigenvalue weighted by Crippen LogP contribution is -2.66. The van der Waals surface area contributed by atoms with Gasteiger partial charge in [-0.25, -0.2) is 0 Å². The van der Waals surface area contributed by atoms with Gasteiger partial charge in [-0.15, -0.1) is 0 Å². The Labute approximate surface area is 101 Å². The molecule has 0 radical (unpaired) electrons. The second-order valence-corrected chi connectivity index (χ2v) is 5.76. The minimum Gasteiger partial charge on any atom is -0.380 e. The second kappa shape index (κ2) is 3.60. The number of nitrogens with zero attached hydrogens (tertiary/aromatic N) is 2. The first-order chi connectivity index (χ1) is 7.78. The average Bonchev–Trinajstić information content (AvgIpc) is 2.13. The average molecular weight is 240 g/mol. The topological polar surface area (TPSA) is 84.4 Å². The zero-order valence-electron chi connectivity index (χ0n) is 10.6. The van der Waals surface area contributed by atoms with E-state index >= 15 is 0 Å². The summed E-state index contributed by atoms with van der Waals surface area (Å²) in [5, 5.41) is 14.6. The van der Waals surface area contributed by atoms with Crippen LogP contribution >= 0.6 is 0 Å². The van der Waals surface area contributed by atoms with Crippen molar-refractivity contribution in [3.63, 3.8) is 0 Å². The Morgan fingerprint density at radius 1 is 1.47 bits per heavy atom. The Morgan fingerprint density at radius 3 is 2.71 bits per heavy atom. The summed E-state index contributed by atoms with van der Waals surface area (Å²) in [5.41, 5.74) is 5.40. The molecule has 0 aromatic carbocycles. The van der Waals surface area contributed by atoms with Gasteiger partial charge in [0.2, 0.25) is 0 Å². The lowest BCUT2D eigenvalue weighted by atomic mass is 9.76. The summed E-state index contributed by atoms with van der Waals surface area (Å²) < 4.78 is 0. The van der Waals surface area contributed by atoms with Crippen LogP contribution in [0.15, 0.2) is 11.5 Å². The van der Waals surface area contributed by atoms with E-state index in [9.17, 15) is 10.1 Å². The smallest absolute Gasteiger partial charge is 0.291 e. The highest BCUT2D eigenvalue weighted by atomic mass is 16.6. The third-order valence-corrected chi connectivity index (χ3v) is 3.80. The molecule has 0 aromatic heterocycles. The van der Waals surface area contributed by atoms with E-state index in [1.165, 1.54) is 0 Å². The molecule has 2 heterocycles. The third kappa shape index (κ3) is 1.76. The number of hydrogen-bond donors (Lipinski definition) is 2. The summed E-state index contributed by atoms with van der Waals surface area (Å²) in [6, 6.07) is 0. The van der Waals surface area contributed by atoms with Crippen LogP contribution < -0.4 is 11.1 Å². The molecule has 1 saturated heterocycles. The molecule has 0 aromatic rings. The van der Waals surface area contributed by atoms with Crippen LogP contribution in [0.4, 0.5) is 0 Å². The quantitative estimate of drug-likeness (QED) is 0.524. The maximum atomic E-state index is 11.2. The summed E-state index contributed by atoms with van der Waals surface area (Å²) in [6.07, 6.45) is 1.65. The van der Waals surface area contributed by atoms with Gasteiger partial charge in [-0.3, -0.25) is 15.4 Å². The summed E-state index contributed by atoms with van der Waals surface area (Å²) in [6.45, 7) is 7.55. The highest BCUT2D eigenvalue weighted by molar-refractivity contribution is 5.20. The van der Waals surface area contributed by atoms with Crippen LogP contribution in [0, 0.1) is 15.5 Å². The van der Waals surface area contributed by atoms with Gasteiger partial charge in [-0.2, -0.15) is 0 Å². The predicted molar refractivity (Wildman–Crippen MR) is 64.3 cm³/mol. The summed E-state index contributed by atoms with van der Waals surface area (Å²) >= 11 is 0. The SMILES string of the molecule is CC1(C)CC2(C)NCCCN2C(N)=C1[N+](=O)[O-]. The van der Waals surface area contributed by atoms with Crippen LogP contribution in [0.5, 0.6) is 0 Å². The molecule has 2 rings (SSSR count). The van der Waals surface area contributed by atoms with Gasteiger partial charge in [-0.1, -0.05) is 0 Å². The second-order valence-electron chi connectivity index (χ2n) is 5.76. The van der Waals surface area contributed by atoms with Gasteiger partial charge in [0.05, 0.1) is 16.0 Å². The highest BCUT2D eigenvalue weighted by Crippen LogP contribution is 2.44. The minimum atomic E-state index is -0.511. The number of hydrogen-bond acceptors (Lipinski definition) is 5. The molecule has 0 amide bonds. The van der Waals surface area contributed by atoms with Crippen molar-refractivity contribution in [2.24, 2.45) is 11.1 Å². The van der Waals surface area contributed by atoms with Crippen molar-refractivity contribution in [3.05, 3.63) is 21.6 Å². The van der Waals surface area contributed by atoms with E-state index in [2.05, 4.69) is 12.2 Å². The summed E-state index contributed by atoms with van der Waals surface area (Å²) in [7, 11) is 0. The highest BCUT2D eigenvalue weighted by Gasteiger charge is 2.51. The van der Waals surface area contributed by atoms with Gasteiger partial charge in [-0.05, 0) is 40.2 Å². The molecule has 0 aliphatic carbocycles. The Hall–Kier alpha value is -1.30. The molecule has 0 saturated carbocycles. The van der Waals surface area contributed by atoms with Crippen molar-refractivity contribution in [3.8, 4) is 0 Å². The molecular formula is C11H20N4O2. The van der Waals surface area contributed by atoms with Crippen molar-refractivity contribution in [1.29, 1.82) is 0 Å². The first-order valence-electron chi connectivity index (χ1n) is 5.95. The Morgan fingerprint density at radius 2 is 2.12 bits per heavy atom. The van der Waals surface area contributed by atoms with Gasteiger partial charge >= 0.3 is 0 Å². The molecule has 96 valence electrons.